The first-order valence-electron chi connectivity index (χ1n) is 5.37. The number of anilines is 1. The Kier molecular flexibility index (Phi) is 3.93. The SMILES string of the molecule is Cc1oc(CN)cc1S(=O)(=O)Nc1ncccc1Br. The smallest absolute Gasteiger partial charge is 0.266 e. The van der Waals surface area contributed by atoms with Gasteiger partial charge in [0, 0.05) is 12.3 Å². The second-order valence-corrected chi connectivity index (χ2v) is 6.28. The number of aromatic nitrogens is 1. The predicted octanol–water partition coefficient (Wildman–Crippen LogP) is 2.01. The Morgan fingerprint density at radius 1 is 1.53 bits per heavy atom. The molecule has 0 fully saturated rings. The van der Waals surface area contributed by atoms with E-state index in [0.717, 1.165) is 0 Å². The largest absolute Gasteiger partial charge is 0.464 e. The summed E-state index contributed by atoms with van der Waals surface area (Å²) in [7, 11) is -3.75. The fraction of sp³-hybridized carbons (Fsp3) is 0.182. The van der Waals surface area contributed by atoms with Crippen LogP contribution in [0.4, 0.5) is 5.82 Å². The number of aryl methyl sites for hydroxylation is 1. The number of halogens is 1. The summed E-state index contributed by atoms with van der Waals surface area (Å²) in [4.78, 5) is 4.01. The van der Waals surface area contributed by atoms with Crippen molar-refractivity contribution >= 4 is 31.8 Å². The number of nitrogens with one attached hydrogen (secondary N) is 1. The first kappa shape index (κ1) is 14.0. The third-order valence-corrected chi connectivity index (χ3v) is 4.49. The Morgan fingerprint density at radius 3 is 2.84 bits per heavy atom. The van der Waals surface area contributed by atoms with Crippen molar-refractivity contribution in [3.63, 3.8) is 0 Å². The molecule has 0 aliphatic rings. The summed E-state index contributed by atoms with van der Waals surface area (Å²) < 4.78 is 32.7. The average Bonchev–Trinajstić information content (AvgIpc) is 2.74. The predicted molar refractivity (Wildman–Crippen MR) is 74.1 cm³/mol. The molecule has 19 heavy (non-hydrogen) atoms. The molecule has 102 valence electrons. The van der Waals surface area contributed by atoms with E-state index in [1.807, 2.05) is 0 Å². The summed E-state index contributed by atoms with van der Waals surface area (Å²) in [6.07, 6.45) is 1.50. The van der Waals surface area contributed by atoms with Crippen molar-refractivity contribution < 1.29 is 12.8 Å². The van der Waals surface area contributed by atoms with E-state index in [-0.39, 0.29) is 17.3 Å². The molecule has 0 aliphatic carbocycles. The highest BCUT2D eigenvalue weighted by Crippen LogP contribution is 2.25. The van der Waals surface area contributed by atoms with E-state index in [1.165, 1.54) is 12.3 Å². The molecule has 0 saturated carbocycles. The van der Waals surface area contributed by atoms with Gasteiger partial charge in [-0.15, -0.1) is 0 Å². The van der Waals surface area contributed by atoms with Gasteiger partial charge in [0.2, 0.25) is 0 Å². The third kappa shape index (κ3) is 2.96. The van der Waals surface area contributed by atoms with Gasteiger partial charge in [0.25, 0.3) is 10.0 Å². The fourth-order valence-electron chi connectivity index (χ4n) is 1.53. The zero-order valence-electron chi connectivity index (χ0n) is 10.1. The van der Waals surface area contributed by atoms with Crippen molar-refractivity contribution in [3.8, 4) is 0 Å². The standard InChI is InChI=1S/C11H12BrN3O3S/c1-7-10(5-8(6-13)18-7)19(16,17)15-11-9(12)3-2-4-14-11/h2-5H,6,13H2,1H3,(H,14,15). The molecule has 0 spiro atoms. The lowest BCUT2D eigenvalue weighted by molar-refractivity contribution is 0.479. The molecule has 0 aliphatic heterocycles. The molecule has 0 bridgehead atoms. The topological polar surface area (TPSA) is 98.2 Å². The van der Waals surface area contributed by atoms with Crippen LogP contribution in [0.25, 0.3) is 0 Å². The summed E-state index contributed by atoms with van der Waals surface area (Å²) in [5.41, 5.74) is 5.42. The molecule has 2 aromatic rings. The highest BCUT2D eigenvalue weighted by Gasteiger charge is 2.22. The number of hydrogen-bond donors (Lipinski definition) is 2. The molecular formula is C11H12BrN3O3S. The van der Waals surface area contributed by atoms with Gasteiger partial charge in [0.15, 0.2) is 5.82 Å². The minimum atomic E-state index is -3.75. The van der Waals surface area contributed by atoms with Crippen LogP contribution in [0.1, 0.15) is 11.5 Å². The Hall–Kier alpha value is -1.38. The van der Waals surface area contributed by atoms with Crippen molar-refractivity contribution in [1.29, 1.82) is 0 Å². The molecule has 6 nitrogen and oxygen atoms in total. The van der Waals surface area contributed by atoms with Crippen LogP contribution in [0, 0.1) is 6.92 Å². The van der Waals surface area contributed by atoms with E-state index >= 15 is 0 Å². The first-order chi connectivity index (χ1) is 8.94. The molecular weight excluding hydrogens is 334 g/mol. The van der Waals surface area contributed by atoms with Gasteiger partial charge < -0.3 is 10.2 Å². The average molecular weight is 346 g/mol. The van der Waals surface area contributed by atoms with E-state index in [9.17, 15) is 8.42 Å². The highest BCUT2D eigenvalue weighted by molar-refractivity contribution is 9.10. The van der Waals surface area contributed by atoms with Crippen molar-refractivity contribution in [3.05, 3.63) is 40.4 Å². The van der Waals surface area contributed by atoms with E-state index in [4.69, 9.17) is 10.2 Å². The Balaban J connectivity index is 2.38. The van der Waals surface area contributed by atoms with Gasteiger partial charge in [-0.2, -0.15) is 0 Å². The zero-order chi connectivity index (χ0) is 14.0. The number of sulfonamides is 1. The summed E-state index contributed by atoms with van der Waals surface area (Å²) in [6.45, 7) is 1.71. The van der Waals surface area contributed by atoms with Crippen molar-refractivity contribution in [2.45, 2.75) is 18.4 Å². The van der Waals surface area contributed by atoms with Gasteiger partial charge in [-0.1, -0.05) is 0 Å². The van der Waals surface area contributed by atoms with Crippen LogP contribution in [0.3, 0.4) is 0 Å². The van der Waals surface area contributed by atoms with Crippen LogP contribution >= 0.6 is 15.9 Å². The number of pyridine rings is 1. The van der Waals surface area contributed by atoms with E-state index in [2.05, 4.69) is 25.6 Å². The summed E-state index contributed by atoms with van der Waals surface area (Å²) in [5, 5.41) is 0. The van der Waals surface area contributed by atoms with Gasteiger partial charge in [0.05, 0.1) is 11.0 Å². The van der Waals surface area contributed by atoms with Crippen molar-refractivity contribution in [2.75, 3.05) is 4.72 Å². The molecule has 2 rings (SSSR count). The lowest BCUT2D eigenvalue weighted by Gasteiger charge is -2.07. The maximum absolute atomic E-state index is 12.2. The quantitative estimate of drug-likeness (QED) is 0.882. The van der Waals surface area contributed by atoms with Crippen LogP contribution in [-0.2, 0) is 16.6 Å². The Bertz CT molecular complexity index is 697. The van der Waals surface area contributed by atoms with Crippen LogP contribution in [0.5, 0.6) is 0 Å². The van der Waals surface area contributed by atoms with Crippen molar-refractivity contribution in [1.82, 2.24) is 4.98 Å². The normalized spacial score (nSPS) is 11.5. The maximum Gasteiger partial charge on any atom is 0.266 e. The third-order valence-electron chi connectivity index (χ3n) is 2.40. The summed E-state index contributed by atoms with van der Waals surface area (Å²) in [5.74, 6) is 0.926. The molecule has 8 heteroatoms. The second kappa shape index (κ2) is 5.32. The zero-order valence-corrected chi connectivity index (χ0v) is 12.5. The minimum Gasteiger partial charge on any atom is -0.464 e. The molecule has 0 saturated heterocycles. The number of furan rings is 1. The summed E-state index contributed by atoms with van der Waals surface area (Å²) >= 11 is 3.23. The van der Waals surface area contributed by atoms with Gasteiger partial charge in [0.1, 0.15) is 16.4 Å². The number of hydrogen-bond acceptors (Lipinski definition) is 5. The van der Waals surface area contributed by atoms with Crippen LogP contribution in [0.2, 0.25) is 0 Å². The molecule has 0 radical (unpaired) electrons. The van der Waals surface area contributed by atoms with E-state index in [1.54, 1.807) is 19.1 Å². The molecule has 0 amide bonds. The lowest BCUT2D eigenvalue weighted by Crippen LogP contribution is -2.14. The van der Waals surface area contributed by atoms with Gasteiger partial charge in [-0.05, 0) is 35.0 Å². The summed E-state index contributed by atoms with van der Waals surface area (Å²) in [6, 6.07) is 4.80. The number of rotatable bonds is 4. The molecule has 3 N–H and O–H groups in total. The lowest BCUT2D eigenvalue weighted by atomic mass is 10.4. The molecule has 2 heterocycles. The van der Waals surface area contributed by atoms with Crippen LogP contribution in [0.15, 0.2) is 38.2 Å². The maximum atomic E-state index is 12.2. The Labute approximate surface area is 119 Å². The molecule has 0 atom stereocenters. The molecule has 0 aromatic carbocycles. The minimum absolute atomic E-state index is 0.0607. The van der Waals surface area contributed by atoms with Gasteiger partial charge >= 0.3 is 0 Å². The number of nitrogens with zero attached hydrogens (tertiary/aromatic N) is 1. The van der Waals surface area contributed by atoms with Gasteiger partial charge in [-0.25, -0.2) is 13.4 Å². The monoisotopic (exact) mass is 345 g/mol. The second-order valence-electron chi connectivity index (χ2n) is 3.78. The van der Waals surface area contributed by atoms with Gasteiger partial charge in [-0.3, -0.25) is 4.72 Å². The van der Waals surface area contributed by atoms with E-state index < -0.39 is 10.0 Å². The fourth-order valence-corrected chi connectivity index (χ4v) is 3.25. The van der Waals surface area contributed by atoms with Crippen LogP contribution in [-0.4, -0.2) is 13.4 Å². The number of nitrogens with two attached hydrogens (primary N) is 1. The van der Waals surface area contributed by atoms with Crippen molar-refractivity contribution in [2.24, 2.45) is 5.73 Å². The molecule has 2 aromatic heterocycles. The Morgan fingerprint density at radius 2 is 2.26 bits per heavy atom. The highest BCUT2D eigenvalue weighted by atomic mass is 79.9. The van der Waals surface area contributed by atoms with E-state index in [0.29, 0.717) is 16.0 Å². The molecule has 0 unspecified atom stereocenters. The first-order valence-corrected chi connectivity index (χ1v) is 7.64. The van der Waals surface area contributed by atoms with Crippen LogP contribution < -0.4 is 10.5 Å².